The Bertz CT molecular complexity index is 1800. The second-order valence-corrected chi connectivity index (χ2v) is 21.5. The lowest BCUT2D eigenvalue weighted by Crippen LogP contribution is -2.69. The van der Waals surface area contributed by atoms with Crippen LogP contribution in [0, 0.1) is 5.92 Å². The van der Waals surface area contributed by atoms with E-state index in [0.717, 1.165) is 27.3 Å². The first-order chi connectivity index (χ1) is 23.4. The number of carbonyl (C=O) groups is 4. The molecule has 8 nitrogen and oxygen atoms in total. The van der Waals surface area contributed by atoms with Gasteiger partial charge in [-0.3, -0.25) is 14.4 Å². The number of ketones is 1. The summed E-state index contributed by atoms with van der Waals surface area (Å²) in [7, 11) is -2.13. The molecule has 3 atom stereocenters. The molecule has 49 heavy (non-hydrogen) atoms. The number of thiophene rings is 1. The third-order valence-corrected chi connectivity index (χ3v) is 14.6. The molecular weight excluding hydrogens is 672 g/mol. The van der Waals surface area contributed by atoms with E-state index < -0.39 is 45.1 Å². The second-order valence-electron chi connectivity index (χ2n) is 12.8. The first-order valence-electron chi connectivity index (χ1n) is 16.0. The van der Waals surface area contributed by atoms with Crippen molar-refractivity contribution in [3.05, 3.63) is 126 Å². The predicted octanol–water partition coefficient (Wildman–Crippen LogP) is 5.34. The Morgan fingerprint density at radius 1 is 0.939 bits per heavy atom. The van der Waals surface area contributed by atoms with Crippen molar-refractivity contribution in [2.75, 3.05) is 6.61 Å². The van der Waals surface area contributed by atoms with Crippen LogP contribution in [0.4, 0.5) is 0 Å². The predicted molar refractivity (Wildman–Crippen MR) is 201 cm³/mol. The third kappa shape index (κ3) is 7.33. The Morgan fingerprint density at radius 3 is 1.88 bits per heavy atom. The van der Waals surface area contributed by atoms with Gasteiger partial charge in [-0.05, 0) is 48.5 Å². The average molecular weight is 713 g/mol. The number of hydrogen-bond donors (Lipinski definition) is 1. The number of nitrogens with zero attached hydrogens (tertiary/aromatic N) is 1. The first-order valence-corrected chi connectivity index (χ1v) is 22.1. The molecule has 1 fully saturated rings. The number of benzene rings is 3. The topological polar surface area (TPSA) is 116 Å². The average Bonchev–Trinajstić information content (AvgIpc) is 3.59. The Kier molecular flexibility index (Phi) is 11.0. The van der Waals surface area contributed by atoms with Gasteiger partial charge in [0, 0.05) is 24.3 Å². The van der Waals surface area contributed by atoms with Crippen molar-refractivity contribution in [3.8, 4) is 0 Å². The van der Waals surface area contributed by atoms with Crippen LogP contribution in [0.15, 0.2) is 115 Å². The van der Waals surface area contributed by atoms with Crippen molar-refractivity contribution in [2.24, 2.45) is 11.7 Å². The number of Topliss-reactive ketones (excluding diaryl/α,β-unsaturated/α-hetero) is 1. The summed E-state index contributed by atoms with van der Waals surface area (Å²) < 4.78 is 12.3. The van der Waals surface area contributed by atoms with Gasteiger partial charge in [-0.2, -0.15) is 0 Å². The van der Waals surface area contributed by atoms with Gasteiger partial charge in [0.15, 0.2) is 14.1 Å². The number of primary amides is 1. The van der Waals surface area contributed by atoms with Gasteiger partial charge < -0.3 is 19.8 Å². The monoisotopic (exact) mass is 712 g/mol. The van der Waals surface area contributed by atoms with Crippen LogP contribution in [0.1, 0.15) is 33.4 Å². The Balaban J connectivity index is 1.84. The van der Waals surface area contributed by atoms with Crippen molar-refractivity contribution < 1.29 is 28.3 Å². The standard InChI is InChI=1S/C38H41N2O6PSSi/c1-6-22-45-38(44)37(47(28-16-10-7-11-17-28,29-18-12-8-13-19-29)30-20-14-9-15-21-30)40-31(34(36(40)43)26(2)46-49(3,4)5)24-32(41)27-23-33(35(39)42)48-25-27/h6-21,23,25-26,31,34H,1,22,24H2,2-5H3,(H2,39,42)/t26-,31-,34-/m1/s1. The molecular formula is C38H41N2O6PSSi. The molecule has 0 radical (unpaired) electrons. The molecule has 4 aromatic rings. The van der Waals surface area contributed by atoms with Gasteiger partial charge in [-0.25, -0.2) is 4.79 Å². The summed E-state index contributed by atoms with van der Waals surface area (Å²) in [6.45, 7) is 8.49. The van der Waals surface area contributed by atoms with Crippen LogP contribution in [-0.4, -0.2) is 61.0 Å². The summed E-state index contributed by atoms with van der Waals surface area (Å²) in [5.74, 6) is -2.60. The zero-order valence-corrected chi connectivity index (χ0v) is 30.8. The Labute approximate surface area is 292 Å². The number of β-lactam (4-membered cyclic amide) rings is 1. The van der Waals surface area contributed by atoms with E-state index in [9.17, 15) is 19.2 Å². The van der Waals surface area contributed by atoms with Crippen LogP contribution in [0.3, 0.4) is 0 Å². The normalized spacial score (nSPS) is 16.7. The molecule has 1 aromatic heterocycles. The third-order valence-electron chi connectivity index (χ3n) is 8.36. The lowest BCUT2D eigenvalue weighted by Gasteiger charge is -2.52. The molecule has 5 rings (SSSR count). The summed E-state index contributed by atoms with van der Waals surface area (Å²) in [5, 5.41) is 4.13. The molecule has 1 saturated heterocycles. The van der Waals surface area contributed by atoms with E-state index in [4.69, 9.17) is 14.9 Å². The van der Waals surface area contributed by atoms with Crippen LogP contribution < -0.4 is 21.6 Å². The summed E-state index contributed by atoms with van der Waals surface area (Å²) >= 11 is 1.09. The lowest BCUT2D eigenvalue weighted by atomic mass is 9.80. The number of ether oxygens (including phenoxy) is 1. The number of hydrogen-bond acceptors (Lipinski definition) is 7. The van der Waals surface area contributed by atoms with Crippen LogP contribution >= 0.6 is 18.2 Å². The quantitative estimate of drug-likeness (QED) is 0.0472. The second kappa shape index (κ2) is 15.0. The largest absolute Gasteiger partial charge is 0.457 e. The van der Waals surface area contributed by atoms with Crippen molar-refractivity contribution in [3.63, 3.8) is 0 Å². The van der Waals surface area contributed by atoms with E-state index in [0.29, 0.717) is 5.56 Å². The first kappa shape index (κ1) is 36.0. The maximum atomic E-state index is 14.7. The summed E-state index contributed by atoms with van der Waals surface area (Å²) in [6.07, 6.45) is 0.850. The van der Waals surface area contributed by atoms with E-state index in [1.165, 1.54) is 17.0 Å². The number of nitrogens with two attached hydrogens (primary N) is 1. The zero-order chi connectivity index (χ0) is 35.3. The van der Waals surface area contributed by atoms with E-state index in [-0.39, 0.29) is 35.0 Å². The fourth-order valence-electron chi connectivity index (χ4n) is 6.48. The van der Waals surface area contributed by atoms with E-state index >= 15 is 0 Å². The van der Waals surface area contributed by atoms with E-state index in [2.05, 4.69) is 6.58 Å². The molecule has 0 spiro atoms. The minimum Gasteiger partial charge on any atom is -0.457 e. The minimum atomic E-state index is -3.17. The molecule has 0 unspecified atom stereocenters. The highest BCUT2D eigenvalue weighted by Gasteiger charge is 2.56. The smallest absolute Gasteiger partial charge is 0.356 e. The number of esters is 1. The number of rotatable bonds is 14. The van der Waals surface area contributed by atoms with Crippen molar-refractivity contribution in [2.45, 2.75) is 45.1 Å². The van der Waals surface area contributed by atoms with Gasteiger partial charge in [0.2, 0.25) is 5.91 Å². The molecule has 11 heteroatoms. The number of likely N-dealkylation sites (tertiary alicyclic amines) is 1. The number of carbonyl (C=O) groups excluding carboxylic acids is 4. The molecule has 2 N–H and O–H groups in total. The maximum absolute atomic E-state index is 14.7. The summed E-state index contributed by atoms with van der Waals surface area (Å²) in [5.41, 5.74) is 5.99. The SMILES string of the molecule is C=CCOC(=O)C(N1C(=O)[C@H]([C@@H](C)O[Si](C)(C)C)[C@H]1CC(=O)c1csc(C(N)=O)c1)=P(c1ccccc1)(c1ccccc1)c1ccccc1. The van der Waals surface area contributed by atoms with E-state index in [1.807, 2.05) is 118 Å². The summed E-state index contributed by atoms with van der Waals surface area (Å²) in [4.78, 5) is 57.0. The van der Waals surface area contributed by atoms with Gasteiger partial charge in [0.05, 0.1) is 22.9 Å². The highest BCUT2D eigenvalue weighted by atomic mass is 32.1. The zero-order valence-electron chi connectivity index (χ0n) is 28.1. The lowest BCUT2D eigenvalue weighted by molar-refractivity contribution is -0.156. The van der Waals surface area contributed by atoms with E-state index in [1.54, 1.807) is 5.38 Å². The van der Waals surface area contributed by atoms with Gasteiger partial charge in [-0.15, -0.1) is 11.3 Å². The van der Waals surface area contributed by atoms with Crippen molar-refractivity contribution in [1.29, 1.82) is 0 Å². The number of amides is 2. The van der Waals surface area contributed by atoms with Crippen molar-refractivity contribution in [1.82, 2.24) is 4.90 Å². The molecule has 3 aromatic carbocycles. The Hall–Kier alpha value is -4.34. The molecule has 1 aliphatic rings. The van der Waals surface area contributed by atoms with Gasteiger partial charge in [0.1, 0.15) is 12.0 Å². The van der Waals surface area contributed by atoms with Gasteiger partial charge >= 0.3 is 5.97 Å². The summed E-state index contributed by atoms with van der Waals surface area (Å²) in [6, 6.07) is 29.8. The fraction of sp³-hybridized carbons (Fsp3) is 0.237. The highest BCUT2D eigenvalue weighted by molar-refractivity contribution is 7.96. The van der Waals surface area contributed by atoms with Crippen LogP contribution in [0.25, 0.3) is 0 Å². The van der Waals surface area contributed by atoms with Crippen LogP contribution in [-0.2, 0) is 18.8 Å². The molecule has 1 aliphatic heterocycles. The molecule has 0 aliphatic carbocycles. The van der Waals surface area contributed by atoms with Gasteiger partial charge in [-0.1, -0.05) is 104 Å². The fourth-order valence-corrected chi connectivity index (χ4v) is 12.9. The molecule has 0 saturated carbocycles. The minimum absolute atomic E-state index is 0.0737. The van der Waals surface area contributed by atoms with Crippen LogP contribution in [0.2, 0.25) is 19.6 Å². The molecule has 254 valence electrons. The molecule has 2 heterocycles. The van der Waals surface area contributed by atoms with Crippen LogP contribution in [0.5, 0.6) is 0 Å². The highest BCUT2D eigenvalue weighted by Crippen LogP contribution is 2.50. The maximum Gasteiger partial charge on any atom is 0.356 e. The van der Waals surface area contributed by atoms with Crippen molar-refractivity contribution >= 4 is 71.4 Å². The Morgan fingerprint density at radius 2 is 1.45 bits per heavy atom. The van der Waals surface area contributed by atoms with Gasteiger partial charge in [0.25, 0.3) is 5.91 Å². The molecule has 0 bridgehead atoms. The molecule has 2 amide bonds.